The second-order valence-electron chi connectivity index (χ2n) is 9.91. The number of likely N-dealkylation sites (tertiary alicyclic amines) is 1. The number of rotatable bonds is 9. The van der Waals surface area contributed by atoms with Crippen LogP contribution in [0.2, 0.25) is 0 Å². The predicted molar refractivity (Wildman–Crippen MR) is 133 cm³/mol. The van der Waals surface area contributed by atoms with Crippen molar-refractivity contribution in [1.29, 1.82) is 0 Å². The highest BCUT2D eigenvalue weighted by molar-refractivity contribution is 9.09. The third kappa shape index (κ3) is 4.23. The highest BCUT2D eigenvalue weighted by Gasteiger charge is 2.77. The molecule has 3 aliphatic heterocycles. The van der Waals surface area contributed by atoms with Crippen LogP contribution in [0.1, 0.15) is 33.6 Å². The number of carbonyl (C=O) groups excluding carboxylic acids is 3. The monoisotopic (exact) mass is 551 g/mol. The zero-order valence-electron chi connectivity index (χ0n) is 20.5. The summed E-state index contributed by atoms with van der Waals surface area (Å²) < 4.78 is 11.7. The van der Waals surface area contributed by atoms with Gasteiger partial charge in [0.15, 0.2) is 0 Å². The Kier molecular flexibility index (Phi) is 7.45. The molecule has 3 N–H and O–H groups in total. The maximum Gasteiger partial charge on any atom is 0.250 e. The number of halogens is 1. The first-order valence-corrected chi connectivity index (χ1v) is 13.1. The van der Waals surface area contributed by atoms with E-state index in [-0.39, 0.29) is 29.2 Å². The molecule has 3 heterocycles. The molecule has 0 aliphatic carbocycles. The van der Waals surface area contributed by atoms with Crippen LogP contribution < -0.4 is 15.4 Å². The highest BCUT2D eigenvalue weighted by Crippen LogP contribution is 2.60. The van der Waals surface area contributed by atoms with Crippen molar-refractivity contribution in [2.45, 2.75) is 62.2 Å². The number of hydrogen-bond donors (Lipinski definition) is 3. The zero-order valence-corrected chi connectivity index (χ0v) is 22.1. The Bertz CT molecular complexity index is 972. The fraction of sp³-hybridized carbons (Fsp3) is 0.640. The van der Waals surface area contributed by atoms with Gasteiger partial charge in [-0.3, -0.25) is 14.4 Å². The van der Waals surface area contributed by atoms with Crippen LogP contribution in [0.4, 0.5) is 5.69 Å². The Labute approximate surface area is 214 Å². The summed E-state index contributed by atoms with van der Waals surface area (Å²) in [6.45, 7) is 5.96. The van der Waals surface area contributed by atoms with Crippen molar-refractivity contribution in [1.82, 2.24) is 10.2 Å². The highest BCUT2D eigenvalue weighted by atomic mass is 79.9. The maximum absolute atomic E-state index is 14.0. The summed E-state index contributed by atoms with van der Waals surface area (Å²) in [5, 5.41) is 16.1. The van der Waals surface area contributed by atoms with Gasteiger partial charge >= 0.3 is 0 Å². The molecule has 35 heavy (non-hydrogen) atoms. The molecule has 9 nitrogen and oxygen atoms in total. The molecule has 192 valence electrons. The van der Waals surface area contributed by atoms with Crippen LogP contribution in [0.3, 0.4) is 0 Å². The molecule has 4 rings (SSSR count). The van der Waals surface area contributed by atoms with Crippen molar-refractivity contribution in [3.05, 3.63) is 24.3 Å². The van der Waals surface area contributed by atoms with Gasteiger partial charge in [-0.25, -0.2) is 0 Å². The van der Waals surface area contributed by atoms with Crippen molar-refractivity contribution in [2.24, 2.45) is 17.8 Å². The Morgan fingerprint density at radius 1 is 1.29 bits per heavy atom. The van der Waals surface area contributed by atoms with Crippen LogP contribution in [0.25, 0.3) is 0 Å². The standard InChI is InChI=1S/C25H34BrN3O6/c1-5-10-27-22(31)18-19-24(33)29(17(12-30)13(2)3)21(25(19)11-16(26)20(18)35-25)23(32)28-14-6-8-15(34-4)9-7-14/h6-9,13,16-21,30H,5,10-12H2,1-4H3,(H,27,31)(H,28,32)/t16?,17-,18-,19-,20-,21?,25?/m0/s1. The number of nitrogens with one attached hydrogen (secondary N) is 2. The summed E-state index contributed by atoms with van der Waals surface area (Å²) in [6.07, 6.45) is 0.676. The average molecular weight is 552 g/mol. The predicted octanol–water partition coefficient (Wildman–Crippen LogP) is 1.92. The normalized spacial score (nSPS) is 32.0. The molecule has 3 aliphatic rings. The van der Waals surface area contributed by atoms with E-state index in [2.05, 4.69) is 26.6 Å². The number of alkyl halides is 1. The zero-order chi connectivity index (χ0) is 25.5. The first-order valence-electron chi connectivity index (χ1n) is 12.2. The van der Waals surface area contributed by atoms with Gasteiger partial charge in [-0.1, -0.05) is 36.7 Å². The molecule has 3 fully saturated rings. The van der Waals surface area contributed by atoms with Gasteiger partial charge in [0.05, 0.1) is 37.7 Å². The van der Waals surface area contributed by atoms with Gasteiger partial charge in [0.25, 0.3) is 0 Å². The van der Waals surface area contributed by atoms with Crippen LogP contribution in [0, 0.1) is 17.8 Å². The van der Waals surface area contributed by atoms with Gasteiger partial charge in [-0.15, -0.1) is 0 Å². The second kappa shape index (κ2) is 10.1. The largest absolute Gasteiger partial charge is 0.497 e. The maximum atomic E-state index is 14.0. The van der Waals surface area contributed by atoms with Crippen LogP contribution in [0.5, 0.6) is 5.75 Å². The number of aliphatic hydroxyl groups excluding tert-OH is 1. The fourth-order valence-electron chi connectivity index (χ4n) is 5.90. The minimum atomic E-state index is -1.16. The number of nitrogens with zero attached hydrogens (tertiary/aromatic N) is 1. The van der Waals surface area contributed by atoms with Crippen molar-refractivity contribution in [2.75, 3.05) is 25.6 Å². The lowest BCUT2D eigenvalue weighted by molar-refractivity contribution is -0.145. The average Bonchev–Trinajstić information content (AvgIpc) is 3.42. The van der Waals surface area contributed by atoms with Crippen molar-refractivity contribution >= 4 is 39.3 Å². The molecule has 3 unspecified atom stereocenters. The van der Waals surface area contributed by atoms with E-state index in [1.165, 1.54) is 4.90 Å². The number of fused-ring (bicyclic) bond motifs is 1. The van der Waals surface area contributed by atoms with Gasteiger partial charge < -0.3 is 30.1 Å². The smallest absolute Gasteiger partial charge is 0.250 e. The summed E-state index contributed by atoms with van der Waals surface area (Å²) in [6, 6.07) is 5.33. The Morgan fingerprint density at radius 2 is 1.97 bits per heavy atom. The first-order chi connectivity index (χ1) is 16.7. The molecule has 0 saturated carbocycles. The van der Waals surface area contributed by atoms with Gasteiger partial charge in [0.2, 0.25) is 17.7 Å². The van der Waals surface area contributed by atoms with Crippen molar-refractivity contribution in [3.8, 4) is 5.75 Å². The molecule has 0 aromatic heterocycles. The fourth-order valence-corrected chi connectivity index (χ4v) is 6.84. The molecular weight excluding hydrogens is 518 g/mol. The lowest BCUT2D eigenvalue weighted by atomic mass is 9.70. The summed E-state index contributed by atoms with van der Waals surface area (Å²) in [5.41, 5.74) is -0.614. The molecule has 10 heteroatoms. The van der Waals surface area contributed by atoms with E-state index < -0.39 is 41.5 Å². The van der Waals surface area contributed by atoms with Gasteiger partial charge in [-0.2, -0.15) is 0 Å². The number of ether oxygens (including phenoxy) is 2. The Hall–Kier alpha value is -2.17. The molecule has 7 atom stereocenters. The van der Waals surface area contributed by atoms with Gasteiger partial charge in [-0.05, 0) is 43.0 Å². The molecule has 2 bridgehead atoms. The van der Waals surface area contributed by atoms with Crippen molar-refractivity contribution < 1.29 is 29.0 Å². The van der Waals surface area contributed by atoms with E-state index in [1.54, 1.807) is 31.4 Å². The second-order valence-corrected chi connectivity index (χ2v) is 11.1. The van der Waals surface area contributed by atoms with E-state index in [0.29, 0.717) is 24.4 Å². The number of aliphatic hydroxyl groups is 1. The molecule has 1 aromatic rings. The van der Waals surface area contributed by atoms with Gasteiger partial charge in [0, 0.05) is 17.1 Å². The number of amides is 3. The van der Waals surface area contributed by atoms with Crippen LogP contribution >= 0.6 is 15.9 Å². The summed E-state index contributed by atoms with van der Waals surface area (Å²) in [5.74, 6) is -1.91. The number of hydrogen-bond acceptors (Lipinski definition) is 6. The van der Waals surface area contributed by atoms with Crippen LogP contribution in [-0.4, -0.2) is 76.6 Å². The molecular formula is C25H34BrN3O6. The lowest BCUT2D eigenvalue weighted by Gasteiger charge is -2.38. The molecule has 1 spiro atoms. The number of anilines is 1. The SMILES string of the molecule is CCCNC(=O)[C@H]1[C@H]2C(=O)N([C@@H](CO)C(C)C)C(C(=O)Nc3ccc(OC)cc3)C23CC(Br)[C@@H]1O3. The lowest BCUT2D eigenvalue weighted by Crippen LogP contribution is -2.57. The Balaban J connectivity index is 1.74. The van der Waals surface area contributed by atoms with Crippen LogP contribution in [-0.2, 0) is 19.1 Å². The van der Waals surface area contributed by atoms with Crippen LogP contribution in [0.15, 0.2) is 24.3 Å². The van der Waals surface area contributed by atoms with E-state index in [0.717, 1.165) is 6.42 Å². The topological polar surface area (TPSA) is 117 Å². The Morgan fingerprint density at radius 3 is 2.54 bits per heavy atom. The van der Waals surface area contributed by atoms with E-state index in [4.69, 9.17) is 9.47 Å². The van der Waals surface area contributed by atoms with Gasteiger partial charge in [0.1, 0.15) is 17.4 Å². The molecule has 3 amide bonds. The molecule has 1 aromatic carbocycles. The number of methoxy groups -OCH3 is 1. The first kappa shape index (κ1) is 25.9. The summed E-state index contributed by atoms with van der Waals surface area (Å²) >= 11 is 3.66. The van der Waals surface area contributed by atoms with E-state index in [9.17, 15) is 19.5 Å². The summed E-state index contributed by atoms with van der Waals surface area (Å²) in [4.78, 5) is 42.3. The third-order valence-electron chi connectivity index (χ3n) is 7.50. The number of benzene rings is 1. The quantitative estimate of drug-likeness (QED) is 0.403. The minimum absolute atomic E-state index is 0.111. The third-order valence-corrected chi connectivity index (χ3v) is 8.34. The number of carbonyl (C=O) groups is 3. The summed E-state index contributed by atoms with van der Waals surface area (Å²) in [7, 11) is 1.56. The van der Waals surface area contributed by atoms with Crippen molar-refractivity contribution in [3.63, 3.8) is 0 Å². The minimum Gasteiger partial charge on any atom is -0.497 e. The van der Waals surface area contributed by atoms with E-state index >= 15 is 0 Å². The van der Waals surface area contributed by atoms with E-state index in [1.807, 2.05) is 20.8 Å². The molecule has 3 saturated heterocycles. The molecule has 0 radical (unpaired) electrons.